The molecule has 96 valence electrons. The van der Waals surface area contributed by atoms with Crippen molar-refractivity contribution in [3.63, 3.8) is 0 Å². The van der Waals surface area contributed by atoms with Crippen molar-refractivity contribution in [3.05, 3.63) is 30.4 Å². The van der Waals surface area contributed by atoms with Crippen molar-refractivity contribution in [1.82, 2.24) is 19.9 Å². The molecule has 0 aliphatic rings. The molecule has 2 atom stereocenters. The third kappa shape index (κ3) is 2.46. The number of amides is 1. The van der Waals surface area contributed by atoms with Crippen LogP contribution in [0.4, 0.5) is 0 Å². The predicted octanol–water partition coefficient (Wildman–Crippen LogP) is 1.72. The lowest BCUT2D eigenvalue weighted by Gasteiger charge is -2.18. The summed E-state index contributed by atoms with van der Waals surface area (Å²) in [5.41, 5.74) is 1.22. The first-order chi connectivity index (χ1) is 8.63. The van der Waals surface area contributed by atoms with Gasteiger partial charge in [-0.3, -0.25) is 9.78 Å². The lowest BCUT2D eigenvalue weighted by Crippen LogP contribution is -2.37. The van der Waals surface area contributed by atoms with E-state index >= 15 is 0 Å². The molecule has 2 aromatic heterocycles. The number of nitrogens with one attached hydrogen (secondary N) is 1. The van der Waals surface area contributed by atoms with Crippen LogP contribution in [0.3, 0.4) is 0 Å². The van der Waals surface area contributed by atoms with E-state index in [1.807, 2.05) is 13.8 Å². The quantitative estimate of drug-likeness (QED) is 0.858. The molecule has 0 aromatic carbocycles. The second-order valence-corrected chi connectivity index (χ2v) is 4.67. The van der Waals surface area contributed by atoms with Gasteiger partial charge in [-0.05, 0) is 12.8 Å². The molecule has 1 amide bonds. The number of hydrogen-bond donors (Lipinski definition) is 1. The Morgan fingerprint density at radius 2 is 2.28 bits per heavy atom. The van der Waals surface area contributed by atoms with E-state index in [9.17, 15) is 4.79 Å². The van der Waals surface area contributed by atoms with Crippen molar-refractivity contribution in [3.8, 4) is 0 Å². The molecule has 6 heteroatoms. The summed E-state index contributed by atoms with van der Waals surface area (Å²) < 4.78 is 1.62. The Kier molecular flexibility index (Phi) is 3.81. The highest BCUT2D eigenvalue weighted by molar-refractivity contribution is 6.18. The van der Waals surface area contributed by atoms with E-state index in [1.54, 1.807) is 29.3 Å². The lowest BCUT2D eigenvalue weighted by molar-refractivity contribution is 0.0932. The van der Waals surface area contributed by atoms with Crippen LogP contribution in [0, 0.1) is 5.92 Å². The molecule has 5 nitrogen and oxygen atoms in total. The van der Waals surface area contributed by atoms with E-state index < -0.39 is 0 Å². The van der Waals surface area contributed by atoms with Gasteiger partial charge in [-0.1, -0.05) is 6.92 Å². The van der Waals surface area contributed by atoms with Gasteiger partial charge in [0.1, 0.15) is 0 Å². The van der Waals surface area contributed by atoms with Crippen LogP contribution in [0.2, 0.25) is 0 Å². The molecule has 0 aliphatic carbocycles. The Bertz CT molecular complexity index is 554. The van der Waals surface area contributed by atoms with Gasteiger partial charge in [-0.25, -0.2) is 4.52 Å². The first-order valence-electron chi connectivity index (χ1n) is 5.77. The monoisotopic (exact) mass is 266 g/mol. The van der Waals surface area contributed by atoms with Crippen LogP contribution >= 0.6 is 11.6 Å². The maximum atomic E-state index is 12.1. The fraction of sp³-hybridized carbons (Fsp3) is 0.417. The van der Waals surface area contributed by atoms with Crippen LogP contribution in [0.15, 0.2) is 24.8 Å². The van der Waals surface area contributed by atoms with Crippen molar-refractivity contribution in [2.45, 2.75) is 19.9 Å². The zero-order chi connectivity index (χ0) is 13.1. The normalized spacial score (nSPS) is 14.4. The number of carbonyl (C=O) groups is 1. The molecule has 18 heavy (non-hydrogen) atoms. The Balaban J connectivity index is 2.19. The number of carbonyl (C=O) groups excluding carboxylic acids is 1. The van der Waals surface area contributed by atoms with Crippen molar-refractivity contribution in [2.24, 2.45) is 5.92 Å². The van der Waals surface area contributed by atoms with E-state index in [0.29, 0.717) is 17.0 Å². The van der Waals surface area contributed by atoms with Gasteiger partial charge in [0.2, 0.25) is 0 Å². The molecule has 0 bridgehead atoms. The SMILES string of the molecule is CC(CCl)C(C)NC(=O)c1cnn2ccncc12. The fourth-order valence-electron chi connectivity index (χ4n) is 1.57. The number of nitrogens with zero attached hydrogens (tertiary/aromatic N) is 3. The minimum atomic E-state index is -0.150. The number of alkyl halides is 1. The average Bonchev–Trinajstić information content (AvgIpc) is 2.81. The molecule has 2 aromatic rings. The third-order valence-corrected chi connectivity index (χ3v) is 3.51. The number of fused-ring (bicyclic) bond motifs is 1. The van der Waals surface area contributed by atoms with Crippen LogP contribution in [0.5, 0.6) is 0 Å². The van der Waals surface area contributed by atoms with Gasteiger partial charge < -0.3 is 5.32 Å². The molecule has 0 saturated heterocycles. The van der Waals surface area contributed by atoms with Crippen molar-refractivity contribution in [2.75, 3.05) is 5.88 Å². The second kappa shape index (κ2) is 5.35. The highest BCUT2D eigenvalue weighted by atomic mass is 35.5. The van der Waals surface area contributed by atoms with E-state index in [2.05, 4.69) is 15.4 Å². The van der Waals surface area contributed by atoms with Gasteiger partial charge in [0.05, 0.1) is 23.5 Å². The molecule has 0 radical (unpaired) electrons. The summed E-state index contributed by atoms with van der Waals surface area (Å²) in [6, 6.07) is 0.0154. The van der Waals surface area contributed by atoms with Gasteiger partial charge in [0.15, 0.2) is 0 Å². The van der Waals surface area contributed by atoms with Crippen molar-refractivity contribution < 1.29 is 4.79 Å². The summed E-state index contributed by atoms with van der Waals surface area (Å²) in [6.07, 6.45) is 6.50. The fourth-order valence-corrected chi connectivity index (χ4v) is 1.84. The van der Waals surface area contributed by atoms with E-state index in [1.165, 1.54) is 0 Å². The molecule has 0 saturated carbocycles. The molecule has 2 unspecified atom stereocenters. The second-order valence-electron chi connectivity index (χ2n) is 4.36. The van der Waals surface area contributed by atoms with Crippen LogP contribution < -0.4 is 5.32 Å². The molecule has 2 rings (SSSR count). The summed E-state index contributed by atoms with van der Waals surface area (Å²) in [5, 5.41) is 7.02. The number of hydrogen-bond acceptors (Lipinski definition) is 3. The predicted molar refractivity (Wildman–Crippen MR) is 69.8 cm³/mol. The van der Waals surface area contributed by atoms with Crippen LogP contribution in [0.1, 0.15) is 24.2 Å². The summed E-state index contributed by atoms with van der Waals surface area (Å²) in [5.74, 6) is 0.579. The number of aromatic nitrogens is 3. The largest absolute Gasteiger partial charge is 0.349 e. The Morgan fingerprint density at radius 3 is 3.00 bits per heavy atom. The Labute approximate surface area is 110 Å². The van der Waals surface area contributed by atoms with Crippen molar-refractivity contribution >= 4 is 23.0 Å². The maximum Gasteiger partial charge on any atom is 0.255 e. The topological polar surface area (TPSA) is 59.3 Å². The van der Waals surface area contributed by atoms with Gasteiger partial charge >= 0.3 is 0 Å². The van der Waals surface area contributed by atoms with Gasteiger partial charge in [-0.2, -0.15) is 5.10 Å². The van der Waals surface area contributed by atoms with E-state index in [0.717, 1.165) is 0 Å². The maximum absolute atomic E-state index is 12.1. The smallest absolute Gasteiger partial charge is 0.255 e. The molecule has 0 spiro atoms. The first-order valence-corrected chi connectivity index (χ1v) is 6.31. The molecule has 0 aliphatic heterocycles. The average molecular weight is 267 g/mol. The standard InChI is InChI=1S/C12H15ClN4O/c1-8(5-13)9(2)16-12(18)10-6-15-17-4-3-14-7-11(10)17/h3-4,6-9H,5H2,1-2H3,(H,16,18). The summed E-state index contributed by atoms with van der Waals surface area (Å²) in [4.78, 5) is 16.1. The van der Waals surface area contributed by atoms with Crippen LogP contribution in [0.25, 0.3) is 5.52 Å². The number of rotatable bonds is 4. The molecule has 1 N–H and O–H groups in total. The van der Waals surface area contributed by atoms with Gasteiger partial charge in [0, 0.05) is 24.3 Å². The molecular weight excluding hydrogens is 252 g/mol. The zero-order valence-electron chi connectivity index (χ0n) is 10.3. The summed E-state index contributed by atoms with van der Waals surface area (Å²) in [7, 11) is 0. The highest BCUT2D eigenvalue weighted by Crippen LogP contribution is 2.10. The lowest BCUT2D eigenvalue weighted by atomic mass is 10.1. The van der Waals surface area contributed by atoms with Gasteiger partial charge in [0.25, 0.3) is 5.91 Å². The minimum Gasteiger partial charge on any atom is -0.349 e. The molecule has 0 fully saturated rings. The molecular formula is C12H15ClN4O. The Hall–Kier alpha value is -1.62. The van der Waals surface area contributed by atoms with Crippen LogP contribution in [-0.4, -0.2) is 32.4 Å². The molecule has 2 heterocycles. The van der Waals surface area contributed by atoms with Crippen LogP contribution in [-0.2, 0) is 0 Å². The summed E-state index contributed by atoms with van der Waals surface area (Å²) >= 11 is 5.77. The van der Waals surface area contributed by atoms with E-state index in [4.69, 9.17) is 11.6 Å². The summed E-state index contributed by atoms with van der Waals surface area (Å²) in [6.45, 7) is 3.94. The highest BCUT2D eigenvalue weighted by Gasteiger charge is 2.17. The van der Waals surface area contributed by atoms with E-state index in [-0.39, 0.29) is 17.9 Å². The van der Waals surface area contributed by atoms with Crippen molar-refractivity contribution in [1.29, 1.82) is 0 Å². The first kappa shape index (κ1) is 12.8. The third-order valence-electron chi connectivity index (χ3n) is 3.03. The Morgan fingerprint density at radius 1 is 1.50 bits per heavy atom. The zero-order valence-corrected chi connectivity index (χ0v) is 11.1. The number of halogens is 1. The van der Waals surface area contributed by atoms with Gasteiger partial charge in [-0.15, -0.1) is 11.6 Å². The minimum absolute atomic E-state index is 0.0154.